The summed E-state index contributed by atoms with van der Waals surface area (Å²) in [6, 6.07) is 6.95. The first kappa shape index (κ1) is 17.0. The molecular formula is C16H18N2O4S. The molecule has 1 aromatic carbocycles. The van der Waals surface area contributed by atoms with E-state index in [2.05, 4.69) is 10.3 Å². The van der Waals surface area contributed by atoms with Gasteiger partial charge < -0.3 is 15.2 Å². The van der Waals surface area contributed by atoms with Gasteiger partial charge in [0.1, 0.15) is 12.4 Å². The fourth-order valence-electron chi connectivity index (χ4n) is 1.94. The zero-order chi connectivity index (χ0) is 16.7. The number of amides is 1. The number of aromatic nitrogens is 1. The Labute approximate surface area is 138 Å². The van der Waals surface area contributed by atoms with Crippen molar-refractivity contribution in [2.24, 2.45) is 0 Å². The first-order valence-corrected chi connectivity index (χ1v) is 8.07. The molecule has 6 nitrogen and oxygen atoms in total. The standard InChI is InChI=1S/C16H18N2O4S/c1-11-18-12(10-23-11)9-22-14-6-3-2-5-13(14)16(21)17-8-4-7-15(19)20/h2-3,5-6,10H,4,7-9H2,1H3,(H,17,21)(H,19,20). The third-order valence-corrected chi connectivity index (χ3v) is 3.85. The van der Waals surface area contributed by atoms with Crippen LogP contribution in [0.3, 0.4) is 0 Å². The molecule has 0 saturated heterocycles. The Morgan fingerprint density at radius 2 is 2.13 bits per heavy atom. The van der Waals surface area contributed by atoms with E-state index >= 15 is 0 Å². The predicted octanol–water partition coefficient (Wildman–Crippen LogP) is 2.63. The van der Waals surface area contributed by atoms with Crippen molar-refractivity contribution >= 4 is 23.2 Å². The molecule has 1 heterocycles. The van der Waals surface area contributed by atoms with Gasteiger partial charge in [0.2, 0.25) is 0 Å². The maximum atomic E-state index is 12.2. The summed E-state index contributed by atoms with van der Waals surface area (Å²) in [5.41, 5.74) is 1.25. The van der Waals surface area contributed by atoms with Crippen LogP contribution in [-0.2, 0) is 11.4 Å². The molecule has 0 saturated carbocycles. The van der Waals surface area contributed by atoms with Crippen molar-refractivity contribution in [2.45, 2.75) is 26.4 Å². The first-order chi connectivity index (χ1) is 11.1. The number of benzene rings is 1. The Morgan fingerprint density at radius 3 is 2.83 bits per heavy atom. The Bertz CT molecular complexity index is 684. The highest BCUT2D eigenvalue weighted by atomic mass is 32.1. The lowest BCUT2D eigenvalue weighted by Gasteiger charge is -2.10. The number of carbonyl (C=O) groups excluding carboxylic acids is 1. The smallest absolute Gasteiger partial charge is 0.303 e. The highest BCUT2D eigenvalue weighted by Gasteiger charge is 2.12. The van der Waals surface area contributed by atoms with E-state index in [9.17, 15) is 9.59 Å². The quantitative estimate of drug-likeness (QED) is 0.725. The zero-order valence-corrected chi connectivity index (χ0v) is 13.6. The van der Waals surface area contributed by atoms with Gasteiger partial charge in [-0.1, -0.05) is 12.1 Å². The molecule has 122 valence electrons. The molecule has 0 aliphatic carbocycles. The van der Waals surface area contributed by atoms with E-state index in [0.29, 0.717) is 30.9 Å². The molecule has 0 aliphatic rings. The van der Waals surface area contributed by atoms with Crippen LogP contribution in [0.1, 0.15) is 33.9 Å². The number of nitrogens with zero attached hydrogens (tertiary/aromatic N) is 1. The van der Waals surface area contributed by atoms with Crippen molar-refractivity contribution in [3.63, 3.8) is 0 Å². The lowest BCUT2D eigenvalue weighted by molar-refractivity contribution is -0.137. The summed E-state index contributed by atoms with van der Waals surface area (Å²) in [7, 11) is 0. The van der Waals surface area contributed by atoms with Gasteiger partial charge in [-0.15, -0.1) is 11.3 Å². The maximum Gasteiger partial charge on any atom is 0.303 e. The number of hydrogen-bond donors (Lipinski definition) is 2. The van der Waals surface area contributed by atoms with Gasteiger partial charge in [0.15, 0.2) is 0 Å². The van der Waals surface area contributed by atoms with E-state index in [1.54, 1.807) is 35.6 Å². The Hall–Kier alpha value is -2.41. The average molecular weight is 334 g/mol. The largest absolute Gasteiger partial charge is 0.486 e. The summed E-state index contributed by atoms with van der Waals surface area (Å²) >= 11 is 1.55. The van der Waals surface area contributed by atoms with E-state index in [1.807, 2.05) is 12.3 Å². The van der Waals surface area contributed by atoms with Crippen LogP contribution < -0.4 is 10.1 Å². The Balaban J connectivity index is 1.93. The first-order valence-electron chi connectivity index (χ1n) is 7.19. The van der Waals surface area contributed by atoms with Crippen molar-refractivity contribution in [1.29, 1.82) is 0 Å². The van der Waals surface area contributed by atoms with Crippen LogP contribution in [0.15, 0.2) is 29.6 Å². The molecule has 0 spiro atoms. The molecule has 0 aliphatic heterocycles. The van der Waals surface area contributed by atoms with Crippen molar-refractivity contribution in [3.05, 3.63) is 45.9 Å². The van der Waals surface area contributed by atoms with Gasteiger partial charge in [0.25, 0.3) is 5.91 Å². The summed E-state index contributed by atoms with van der Waals surface area (Å²) in [6.45, 7) is 2.53. The van der Waals surface area contributed by atoms with Crippen molar-refractivity contribution in [3.8, 4) is 5.75 Å². The minimum Gasteiger partial charge on any atom is -0.486 e. The van der Waals surface area contributed by atoms with Crippen LogP contribution in [0.5, 0.6) is 5.75 Å². The second-order valence-electron chi connectivity index (χ2n) is 4.90. The molecule has 1 aromatic heterocycles. The van der Waals surface area contributed by atoms with Gasteiger partial charge in [-0.05, 0) is 25.5 Å². The minimum atomic E-state index is -0.874. The zero-order valence-electron chi connectivity index (χ0n) is 12.7. The summed E-state index contributed by atoms with van der Waals surface area (Å²) in [5, 5.41) is 14.2. The number of aryl methyl sites for hydroxylation is 1. The molecule has 23 heavy (non-hydrogen) atoms. The van der Waals surface area contributed by atoms with Crippen molar-refractivity contribution in [2.75, 3.05) is 6.54 Å². The Kier molecular flexibility index (Phi) is 6.10. The molecule has 2 N–H and O–H groups in total. The number of ether oxygens (including phenoxy) is 1. The van der Waals surface area contributed by atoms with Crippen LogP contribution in [0.4, 0.5) is 0 Å². The SMILES string of the molecule is Cc1nc(COc2ccccc2C(=O)NCCCC(=O)O)cs1. The number of nitrogens with one attached hydrogen (secondary N) is 1. The van der Waals surface area contributed by atoms with Gasteiger partial charge in [-0.3, -0.25) is 9.59 Å². The van der Waals surface area contributed by atoms with E-state index in [0.717, 1.165) is 10.7 Å². The van der Waals surface area contributed by atoms with E-state index in [4.69, 9.17) is 9.84 Å². The maximum absolute atomic E-state index is 12.2. The van der Waals surface area contributed by atoms with Gasteiger partial charge in [-0.25, -0.2) is 4.98 Å². The van der Waals surface area contributed by atoms with Gasteiger partial charge >= 0.3 is 5.97 Å². The number of hydrogen-bond acceptors (Lipinski definition) is 5. The fourth-order valence-corrected chi connectivity index (χ4v) is 2.54. The number of carbonyl (C=O) groups is 2. The lowest BCUT2D eigenvalue weighted by Crippen LogP contribution is -2.25. The third-order valence-electron chi connectivity index (χ3n) is 3.03. The average Bonchev–Trinajstić information content (AvgIpc) is 2.95. The number of aliphatic carboxylic acids is 1. The molecule has 0 unspecified atom stereocenters. The third kappa shape index (κ3) is 5.37. The summed E-state index contributed by atoms with van der Waals surface area (Å²) in [4.78, 5) is 26.9. The van der Waals surface area contributed by atoms with Crippen LogP contribution >= 0.6 is 11.3 Å². The summed E-state index contributed by atoms with van der Waals surface area (Å²) in [6.07, 6.45) is 0.420. The van der Waals surface area contributed by atoms with Crippen molar-refractivity contribution < 1.29 is 19.4 Å². The number of thiazole rings is 1. The van der Waals surface area contributed by atoms with Crippen LogP contribution in [-0.4, -0.2) is 28.5 Å². The lowest BCUT2D eigenvalue weighted by atomic mass is 10.2. The van der Waals surface area contributed by atoms with E-state index in [1.165, 1.54) is 0 Å². The second kappa shape index (κ2) is 8.28. The molecule has 1 amide bonds. The predicted molar refractivity (Wildman–Crippen MR) is 86.8 cm³/mol. The van der Waals surface area contributed by atoms with E-state index < -0.39 is 5.97 Å². The monoisotopic (exact) mass is 334 g/mol. The molecule has 0 radical (unpaired) electrons. The van der Waals surface area contributed by atoms with Crippen LogP contribution in [0.25, 0.3) is 0 Å². The minimum absolute atomic E-state index is 0.0294. The number of para-hydroxylation sites is 1. The van der Waals surface area contributed by atoms with Crippen LogP contribution in [0, 0.1) is 6.92 Å². The topological polar surface area (TPSA) is 88.5 Å². The summed E-state index contributed by atoms with van der Waals surface area (Å²) < 4.78 is 5.69. The molecular weight excluding hydrogens is 316 g/mol. The molecule has 7 heteroatoms. The molecule has 0 bridgehead atoms. The second-order valence-corrected chi connectivity index (χ2v) is 5.96. The molecule has 2 aromatic rings. The number of rotatable bonds is 8. The molecule has 0 fully saturated rings. The normalized spacial score (nSPS) is 10.3. The Morgan fingerprint density at radius 1 is 1.35 bits per heavy atom. The van der Waals surface area contributed by atoms with Crippen molar-refractivity contribution in [1.82, 2.24) is 10.3 Å². The number of carboxylic acids is 1. The van der Waals surface area contributed by atoms with Gasteiger partial charge in [0, 0.05) is 18.3 Å². The molecule has 0 atom stereocenters. The number of carboxylic acid groups (broad SMARTS) is 1. The summed E-state index contributed by atoms with van der Waals surface area (Å²) in [5.74, 6) is -0.670. The van der Waals surface area contributed by atoms with E-state index in [-0.39, 0.29) is 12.3 Å². The van der Waals surface area contributed by atoms with Crippen LogP contribution in [0.2, 0.25) is 0 Å². The highest BCUT2D eigenvalue weighted by molar-refractivity contribution is 7.09. The highest BCUT2D eigenvalue weighted by Crippen LogP contribution is 2.20. The fraction of sp³-hybridized carbons (Fsp3) is 0.312. The van der Waals surface area contributed by atoms with Gasteiger partial charge in [-0.2, -0.15) is 0 Å². The molecule has 2 rings (SSSR count). The van der Waals surface area contributed by atoms with Gasteiger partial charge in [0.05, 0.1) is 16.3 Å².